The highest BCUT2D eigenvalue weighted by atomic mass is 16.5. The van der Waals surface area contributed by atoms with Crippen LogP contribution in [0.5, 0.6) is 0 Å². The molecule has 1 aromatic rings. The Kier molecular flexibility index (Phi) is 7.25. The fourth-order valence-corrected chi connectivity index (χ4v) is 1.69. The van der Waals surface area contributed by atoms with Crippen molar-refractivity contribution in [3.63, 3.8) is 0 Å². The normalized spacial score (nSPS) is 10.2. The Labute approximate surface area is 124 Å². The molecule has 0 spiro atoms. The number of urea groups is 1. The lowest BCUT2D eigenvalue weighted by atomic mass is 10.1. The first kappa shape index (κ1) is 17.0. The van der Waals surface area contributed by atoms with E-state index in [1.165, 1.54) is 12.1 Å². The van der Waals surface area contributed by atoms with Gasteiger partial charge in [-0.3, -0.25) is 0 Å². The minimum Gasteiger partial charge on any atom is -0.478 e. The van der Waals surface area contributed by atoms with Gasteiger partial charge in [0.25, 0.3) is 0 Å². The van der Waals surface area contributed by atoms with Crippen LogP contribution in [0.1, 0.15) is 35.7 Å². The predicted molar refractivity (Wildman–Crippen MR) is 80.9 cm³/mol. The molecule has 6 heteroatoms. The van der Waals surface area contributed by atoms with Crippen LogP contribution in [0.25, 0.3) is 0 Å². The second-order valence-corrected chi connectivity index (χ2v) is 4.68. The minimum absolute atomic E-state index is 0.197. The number of rotatable bonds is 8. The Balaban J connectivity index is 2.36. The number of anilines is 1. The number of nitrogens with one attached hydrogen (secondary N) is 2. The third-order valence-electron chi connectivity index (χ3n) is 2.90. The number of carbonyl (C=O) groups excluding carboxylic acids is 1. The number of carboxylic acid groups (broad SMARTS) is 1. The number of benzene rings is 1. The molecule has 6 nitrogen and oxygen atoms in total. The van der Waals surface area contributed by atoms with Crippen LogP contribution in [0.3, 0.4) is 0 Å². The van der Waals surface area contributed by atoms with Gasteiger partial charge in [-0.25, -0.2) is 9.59 Å². The summed E-state index contributed by atoms with van der Waals surface area (Å²) in [6.45, 7) is 5.45. The molecule has 0 atom stereocenters. The van der Waals surface area contributed by atoms with Gasteiger partial charge in [0.05, 0.1) is 12.2 Å². The second-order valence-electron chi connectivity index (χ2n) is 4.68. The van der Waals surface area contributed by atoms with E-state index in [-0.39, 0.29) is 11.6 Å². The van der Waals surface area contributed by atoms with Crippen molar-refractivity contribution in [1.82, 2.24) is 5.32 Å². The average Bonchev–Trinajstić information content (AvgIpc) is 2.44. The molecular formula is C15H22N2O4. The van der Waals surface area contributed by atoms with E-state index in [1.807, 2.05) is 0 Å². The summed E-state index contributed by atoms with van der Waals surface area (Å²) in [5.41, 5.74) is 1.48. The lowest BCUT2D eigenvalue weighted by molar-refractivity contribution is 0.0697. The third kappa shape index (κ3) is 6.27. The number of carbonyl (C=O) groups is 2. The van der Waals surface area contributed by atoms with Gasteiger partial charge >= 0.3 is 12.0 Å². The third-order valence-corrected chi connectivity index (χ3v) is 2.90. The second kappa shape index (κ2) is 8.97. The van der Waals surface area contributed by atoms with E-state index in [2.05, 4.69) is 17.6 Å². The van der Waals surface area contributed by atoms with Crippen molar-refractivity contribution in [3.8, 4) is 0 Å². The van der Waals surface area contributed by atoms with E-state index in [4.69, 9.17) is 9.84 Å². The number of aromatic carboxylic acids is 1. The van der Waals surface area contributed by atoms with Crippen molar-refractivity contribution in [2.45, 2.75) is 26.7 Å². The number of aryl methyl sites for hydroxylation is 1. The highest BCUT2D eigenvalue weighted by Gasteiger charge is 2.07. The Morgan fingerprint density at radius 3 is 2.67 bits per heavy atom. The number of hydrogen-bond acceptors (Lipinski definition) is 3. The Hall–Kier alpha value is -2.08. The lowest BCUT2D eigenvalue weighted by Crippen LogP contribution is -2.31. The largest absolute Gasteiger partial charge is 0.478 e. The van der Waals surface area contributed by atoms with Crippen molar-refractivity contribution in [3.05, 3.63) is 29.3 Å². The first-order chi connectivity index (χ1) is 10.0. The van der Waals surface area contributed by atoms with Gasteiger partial charge in [-0.2, -0.15) is 0 Å². The van der Waals surface area contributed by atoms with E-state index < -0.39 is 5.97 Å². The molecule has 21 heavy (non-hydrogen) atoms. The maximum atomic E-state index is 11.7. The number of carboxylic acids is 1. The Morgan fingerprint density at radius 2 is 2.05 bits per heavy atom. The Bertz CT molecular complexity index is 489. The summed E-state index contributed by atoms with van der Waals surface area (Å²) in [6, 6.07) is 4.22. The predicted octanol–water partition coefficient (Wildman–Crippen LogP) is 2.63. The molecule has 0 saturated heterocycles. The molecule has 1 rings (SSSR count). The van der Waals surface area contributed by atoms with Gasteiger partial charge < -0.3 is 20.5 Å². The van der Waals surface area contributed by atoms with Crippen molar-refractivity contribution in [1.29, 1.82) is 0 Å². The van der Waals surface area contributed by atoms with E-state index in [0.29, 0.717) is 31.0 Å². The van der Waals surface area contributed by atoms with Crippen LogP contribution >= 0.6 is 0 Å². The minimum atomic E-state index is -0.988. The molecule has 0 bridgehead atoms. The molecule has 2 amide bonds. The van der Waals surface area contributed by atoms with Crippen LogP contribution in [-0.4, -0.2) is 36.9 Å². The van der Waals surface area contributed by atoms with Gasteiger partial charge in [-0.15, -0.1) is 0 Å². The molecule has 3 N–H and O–H groups in total. The van der Waals surface area contributed by atoms with Crippen LogP contribution in [0.4, 0.5) is 10.5 Å². The standard InChI is InChI=1S/C15H22N2O4/c1-3-4-8-21-9-7-16-15(20)17-13-6-5-12(14(18)19)10-11(13)2/h5-6,10H,3-4,7-9H2,1-2H3,(H,18,19)(H2,16,17,20). The topological polar surface area (TPSA) is 87.7 Å². The van der Waals surface area contributed by atoms with E-state index in [1.54, 1.807) is 13.0 Å². The lowest BCUT2D eigenvalue weighted by Gasteiger charge is -2.10. The fraction of sp³-hybridized carbons (Fsp3) is 0.467. The molecule has 0 heterocycles. The molecule has 0 fully saturated rings. The van der Waals surface area contributed by atoms with E-state index in [0.717, 1.165) is 12.8 Å². The zero-order valence-corrected chi connectivity index (χ0v) is 12.4. The van der Waals surface area contributed by atoms with Crippen LogP contribution in [0.15, 0.2) is 18.2 Å². The van der Waals surface area contributed by atoms with E-state index in [9.17, 15) is 9.59 Å². The molecule has 1 aromatic carbocycles. The van der Waals surface area contributed by atoms with E-state index >= 15 is 0 Å². The van der Waals surface area contributed by atoms with Crippen LogP contribution in [-0.2, 0) is 4.74 Å². The van der Waals surface area contributed by atoms with Gasteiger partial charge in [-0.1, -0.05) is 13.3 Å². The van der Waals surface area contributed by atoms with Crippen LogP contribution in [0, 0.1) is 6.92 Å². The summed E-state index contributed by atoms with van der Waals surface area (Å²) in [5, 5.41) is 14.2. The first-order valence-corrected chi connectivity index (χ1v) is 7.01. The van der Waals surface area contributed by atoms with Crippen molar-refractivity contribution in [2.24, 2.45) is 0 Å². The smallest absolute Gasteiger partial charge is 0.335 e. The zero-order valence-electron chi connectivity index (χ0n) is 12.4. The van der Waals surface area contributed by atoms with Crippen LogP contribution < -0.4 is 10.6 Å². The van der Waals surface area contributed by atoms with Gasteiger partial charge in [0, 0.05) is 18.8 Å². The number of ether oxygens (including phenoxy) is 1. The van der Waals surface area contributed by atoms with Crippen molar-refractivity contribution >= 4 is 17.7 Å². The molecular weight excluding hydrogens is 272 g/mol. The highest BCUT2D eigenvalue weighted by molar-refractivity contribution is 5.92. The number of unbranched alkanes of at least 4 members (excludes halogenated alkanes) is 1. The van der Waals surface area contributed by atoms with Crippen molar-refractivity contribution < 1.29 is 19.4 Å². The Morgan fingerprint density at radius 1 is 1.29 bits per heavy atom. The SMILES string of the molecule is CCCCOCCNC(=O)Nc1ccc(C(=O)O)cc1C. The summed E-state index contributed by atoms with van der Waals surface area (Å²) in [7, 11) is 0. The average molecular weight is 294 g/mol. The fourth-order valence-electron chi connectivity index (χ4n) is 1.69. The number of hydrogen-bond donors (Lipinski definition) is 3. The maximum absolute atomic E-state index is 11.7. The summed E-state index contributed by atoms with van der Waals surface area (Å²) in [4.78, 5) is 22.5. The summed E-state index contributed by atoms with van der Waals surface area (Å²) in [5.74, 6) is -0.988. The van der Waals surface area contributed by atoms with Gasteiger partial charge in [-0.05, 0) is 37.1 Å². The van der Waals surface area contributed by atoms with Gasteiger partial charge in [0.15, 0.2) is 0 Å². The summed E-state index contributed by atoms with van der Waals surface area (Å²) >= 11 is 0. The van der Waals surface area contributed by atoms with Crippen LogP contribution in [0.2, 0.25) is 0 Å². The molecule has 116 valence electrons. The first-order valence-electron chi connectivity index (χ1n) is 7.01. The molecule has 0 aliphatic rings. The molecule has 0 aliphatic carbocycles. The molecule has 0 radical (unpaired) electrons. The molecule has 0 saturated carbocycles. The molecule has 0 aromatic heterocycles. The monoisotopic (exact) mass is 294 g/mol. The van der Waals surface area contributed by atoms with Gasteiger partial charge in [0.1, 0.15) is 0 Å². The molecule has 0 aliphatic heterocycles. The quantitative estimate of drug-likeness (QED) is 0.643. The zero-order chi connectivity index (χ0) is 15.7. The van der Waals surface area contributed by atoms with Gasteiger partial charge in [0.2, 0.25) is 0 Å². The summed E-state index contributed by atoms with van der Waals surface area (Å²) < 4.78 is 5.33. The maximum Gasteiger partial charge on any atom is 0.335 e. The summed E-state index contributed by atoms with van der Waals surface area (Å²) in [6.07, 6.45) is 2.10. The number of amides is 2. The molecule has 0 unspecified atom stereocenters. The highest BCUT2D eigenvalue weighted by Crippen LogP contribution is 2.16. The van der Waals surface area contributed by atoms with Crippen molar-refractivity contribution in [2.75, 3.05) is 25.1 Å².